The summed E-state index contributed by atoms with van der Waals surface area (Å²) in [7, 11) is 6.42. The largest absolute Gasteiger partial charge is 0.496 e. The molecule has 0 aliphatic rings. The highest BCUT2D eigenvalue weighted by molar-refractivity contribution is 5.83. The number of ether oxygens (including phenoxy) is 4. The van der Waals surface area contributed by atoms with Gasteiger partial charge in [-0.05, 0) is 47.4 Å². The van der Waals surface area contributed by atoms with Gasteiger partial charge in [-0.2, -0.15) is 5.26 Å². The molecule has 0 spiro atoms. The number of methoxy groups -OCH3 is 4. The first-order valence-corrected chi connectivity index (χ1v) is 8.20. The molecule has 136 valence electrons. The molecule has 2 rings (SSSR count). The highest BCUT2D eigenvalue weighted by Gasteiger charge is 2.16. The molecular weight excluding hydrogens is 330 g/mol. The average molecular weight is 353 g/mol. The maximum atomic E-state index is 9.30. The molecule has 0 saturated carbocycles. The number of nitrogens with zero attached hydrogens (tertiary/aromatic N) is 1. The van der Waals surface area contributed by atoms with Crippen molar-refractivity contribution in [1.82, 2.24) is 0 Å². The quantitative estimate of drug-likeness (QED) is 0.697. The normalized spacial score (nSPS) is 10.8. The number of benzene rings is 2. The Morgan fingerprint density at radius 3 is 1.85 bits per heavy atom. The lowest BCUT2D eigenvalue weighted by Crippen LogP contribution is -1.99. The molecule has 0 radical (unpaired) electrons. The van der Waals surface area contributed by atoms with Gasteiger partial charge in [0, 0.05) is 11.6 Å². The van der Waals surface area contributed by atoms with Crippen molar-refractivity contribution in [3.63, 3.8) is 0 Å². The van der Waals surface area contributed by atoms with Crippen LogP contribution in [0.25, 0.3) is 5.57 Å². The van der Waals surface area contributed by atoms with Crippen LogP contribution in [0, 0.1) is 11.3 Å². The van der Waals surface area contributed by atoms with E-state index in [0.29, 0.717) is 11.5 Å². The minimum atomic E-state index is 0.595. The molecule has 0 heterocycles. The van der Waals surface area contributed by atoms with Gasteiger partial charge in [0.2, 0.25) is 0 Å². The second-order valence-corrected chi connectivity index (χ2v) is 5.47. The predicted molar refractivity (Wildman–Crippen MR) is 101 cm³/mol. The molecule has 0 bridgehead atoms. The van der Waals surface area contributed by atoms with Gasteiger partial charge in [-0.3, -0.25) is 0 Å². The second-order valence-electron chi connectivity index (χ2n) is 5.47. The Labute approximate surface area is 154 Å². The van der Waals surface area contributed by atoms with Crippen molar-refractivity contribution in [2.24, 2.45) is 0 Å². The Hall–Kier alpha value is -3.13. The van der Waals surface area contributed by atoms with Crippen molar-refractivity contribution in [1.29, 1.82) is 5.26 Å². The van der Waals surface area contributed by atoms with E-state index in [-0.39, 0.29) is 0 Å². The number of hydrogen-bond donors (Lipinski definition) is 0. The van der Waals surface area contributed by atoms with Gasteiger partial charge in [0.05, 0.1) is 34.5 Å². The van der Waals surface area contributed by atoms with E-state index in [4.69, 9.17) is 18.9 Å². The molecule has 0 aliphatic carbocycles. The van der Waals surface area contributed by atoms with E-state index in [1.165, 1.54) is 6.08 Å². The molecule has 0 N–H and O–H groups in total. The molecule has 0 atom stereocenters. The topological polar surface area (TPSA) is 60.7 Å². The first kappa shape index (κ1) is 19.2. The molecule has 0 amide bonds. The number of rotatable bonds is 7. The van der Waals surface area contributed by atoms with Crippen molar-refractivity contribution >= 4 is 5.57 Å². The van der Waals surface area contributed by atoms with Crippen molar-refractivity contribution in [3.8, 4) is 29.1 Å². The summed E-state index contributed by atoms with van der Waals surface area (Å²) in [5, 5.41) is 9.30. The first-order valence-electron chi connectivity index (χ1n) is 8.20. The summed E-state index contributed by atoms with van der Waals surface area (Å²) < 4.78 is 21.7. The van der Waals surface area contributed by atoms with Crippen molar-refractivity contribution in [2.45, 2.75) is 13.3 Å². The van der Waals surface area contributed by atoms with Crippen molar-refractivity contribution in [3.05, 3.63) is 53.1 Å². The van der Waals surface area contributed by atoms with Gasteiger partial charge < -0.3 is 18.9 Å². The number of hydrogen-bond acceptors (Lipinski definition) is 5. The molecule has 0 aliphatic heterocycles. The number of nitriles is 1. The van der Waals surface area contributed by atoms with Gasteiger partial charge in [-0.15, -0.1) is 0 Å². The van der Waals surface area contributed by atoms with Gasteiger partial charge >= 0.3 is 0 Å². The molecule has 5 nitrogen and oxygen atoms in total. The van der Waals surface area contributed by atoms with Crippen LogP contribution in [0.5, 0.6) is 23.0 Å². The second kappa shape index (κ2) is 8.82. The summed E-state index contributed by atoms with van der Waals surface area (Å²) in [6.07, 6.45) is 2.28. The Morgan fingerprint density at radius 2 is 1.38 bits per heavy atom. The molecule has 0 saturated heterocycles. The minimum Gasteiger partial charge on any atom is -0.496 e. The molecule has 0 fully saturated rings. The maximum absolute atomic E-state index is 9.30. The zero-order valence-electron chi connectivity index (χ0n) is 15.8. The van der Waals surface area contributed by atoms with Crippen LogP contribution in [0.2, 0.25) is 0 Å². The monoisotopic (exact) mass is 353 g/mol. The van der Waals surface area contributed by atoms with E-state index in [1.54, 1.807) is 28.4 Å². The van der Waals surface area contributed by atoms with Gasteiger partial charge in [-0.1, -0.05) is 13.0 Å². The van der Waals surface area contributed by atoms with Crippen LogP contribution < -0.4 is 18.9 Å². The molecule has 2 aromatic rings. The fraction of sp³-hybridized carbons (Fsp3) is 0.286. The van der Waals surface area contributed by atoms with Crippen molar-refractivity contribution < 1.29 is 18.9 Å². The van der Waals surface area contributed by atoms with Gasteiger partial charge in [0.15, 0.2) is 11.5 Å². The Kier molecular flexibility index (Phi) is 6.51. The fourth-order valence-electron chi connectivity index (χ4n) is 2.89. The average Bonchev–Trinajstić information content (AvgIpc) is 2.70. The van der Waals surface area contributed by atoms with Gasteiger partial charge in [0.1, 0.15) is 11.5 Å². The highest BCUT2D eigenvalue weighted by Crippen LogP contribution is 2.37. The number of allylic oxidation sites excluding steroid dienone is 1. The lowest BCUT2D eigenvalue weighted by Gasteiger charge is -2.17. The zero-order valence-corrected chi connectivity index (χ0v) is 15.8. The molecule has 0 unspecified atom stereocenters. The SMILES string of the molecule is CCc1c(OC)cc(C(=CC#N)c2ccc(OC)c(OC)c2)cc1OC. The Morgan fingerprint density at radius 1 is 0.846 bits per heavy atom. The highest BCUT2D eigenvalue weighted by atomic mass is 16.5. The summed E-state index contributed by atoms with van der Waals surface area (Å²) in [6.45, 7) is 2.04. The minimum absolute atomic E-state index is 0.595. The van der Waals surface area contributed by atoms with Crippen LogP contribution in [0.3, 0.4) is 0 Å². The summed E-state index contributed by atoms with van der Waals surface area (Å²) >= 11 is 0. The van der Waals surface area contributed by atoms with Crippen molar-refractivity contribution in [2.75, 3.05) is 28.4 Å². The third kappa shape index (κ3) is 3.75. The zero-order chi connectivity index (χ0) is 19.1. The lowest BCUT2D eigenvalue weighted by molar-refractivity contribution is 0.355. The maximum Gasteiger partial charge on any atom is 0.161 e. The Balaban J connectivity index is 2.66. The third-order valence-electron chi connectivity index (χ3n) is 4.18. The van der Waals surface area contributed by atoms with Crippen LogP contribution in [-0.2, 0) is 6.42 Å². The molecule has 26 heavy (non-hydrogen) atoms. The predicted octanol–water partition coefficient (Wildman–Crippen LogP) is 4.24. The third-order valence-corrected chi connectivity index (χ3v) is 4.18. The first-order chi connectivity index (χ1) is 12.6. The summed E-state index contributed by atoms with van der Waals surface area (Å²) in [5.41, 5.74) is 3.39. The molecule has 5 heteroatoms. The van der Waals surface area contributed by atoms with Gasteiger partial charge in [0.25, 0.3) is 0 Å². The van der Waals surface area contributed by atoms with E-state index >= 15 is 0 Å². The Bertz CT molecular complexity index is 825. The van der Waals surface area contributed by atoms with Crippen LogP contribution in [-0.4, -0.2) is 28.4 Å². The summed E-state index contributed by atoms with van der Waals surface area (Å²) in [6, 6.07) is 11.5. The van der Waals surface area contributed by atoms with Crippen LogP contribution in [0.4, 0.5) is 0 Å². The molecule has 0 aromatic heterocycles. The van der Waals surface area contributed by atoms with E-state index in [0.717, 1.165) is 40.2 Å². The fourth-order valence-corrected chi connectivity index (χ4v) is 2.89. The van der Waals surface area contributed by atoms with E-state index < -0.39 is 0 Å². The van der Waals surface area contributed by atoms with Gasteiger partial charge in [-0.25, -0.2) is 0 Å². The smallest absolute Gasteiger partial charge is 0.161 e. The van der Waals surface area contributed by atoms with Crippen LogP contribution in [0.1, 0.15) is 23.6 Å². The van der Waals surface area contributed by atoms with Crippen LogP contribution >= 0.6 is 0 Å². The van der Waals surface area contributed by atoms with E-state index in [9.17, 15) is 5.26 Å². The standard InChI is InChI=1S/C21H23NO4/c1-6-16-19(24-3)12-15(13-20(16)25-4)17(9-10-22)14-7-8-18(23-2)21(11-14)26-5/h7-9,11-13H,6H2,1-5H3. The van der Waals surface area contributed by atoms with E-state index in [2.05, 4.69) is 6.07 Å². The van der Waals surface area contributed by atoms with Crippen LogP contribution in [0.15, 0.2) is 36.4 Å². The lowest BCUT2D eigenvalue weighted by atomic mass is 9.95. The molecular formula is C21H23NO4. The molecule has 2 aromatic carbocycles. The summed E-state index contributed by atoms with van der Waals surface area (Å²) in [4.78, 5) is 0. The summed E-state index contributed by atoms with van der Waals surface area (Å²) in [5.74, 6) is 2.68. The van der Waals surface area contributed by atoms with E-state index in [1.807, 2.05) is 37.3 Å².